The van der Waals surface area contributed by atoms with E-state index in [4.69, 9.17) is 9.84 Å². The first-order valence-corrected chi connectivity index (χ1v) is 5.49. The molecule has 0 saturated carbocycles. The van der Waals surface area contributed by atoms with E-state index in [9.17, 15) is 9.90 Å². The molecule has 5 nitrogen and oxygen atoms in total. The highest BCUT2D eigenvalue weighted by molar-refractivity contribution is 5.69. The van der Waals surface area contributed by atoms with Crippen molar-refractivity contribution in [1.82, 2.24) is 4.90 Å². The maximum atomic E-state index is 11.1. The maximum Gasteiger partial charge on any atom is 0.308 e. The van der Waals surface area contributed by atoms with Gasteiger partial charge in [0.15, 0.2) is 0 Å². The third-order valence-electron chi connectivity index (χ3n) is 2.61. The fourth-order valence-electron chi connectivity index (χ4n) is 1.16. The van der Waals surface area contributed by atoms with Crippen LogP contribution in [0.3, 0.4) is 0 Å². The number of rotatable bonds is 7. The Bertz CT molecular complexity index is 218. The van der Waals surface area contributed by atoms with Gasteiger partial charge in [0.25, 0.3) is 0 Å². The molecule has 0 aliphatic heterocycles. The molecule has 0 aromatic heterocycles. The molecule has 0 aliphatic carbocycles. The Balaban J connectivity index is 4.04. The number of nitrogens with zero attached hydrogens (tertiary/aromatic N) is 1. The largest absolute Gasteiger partial charge is 0.466 e. The maximum absolute atomic E-state index is 11.1. The zero-order valence-corrected chi connectivity index (χ0v) is 10.6. The SMILES string of the molecule is CCOC(=O)CC(O)CN(C)C(C)(C)CO. The van der Waals surface area contributed by atoms with Crippen molar-refractivity contribution in [2.24, 2.45) is 0 Å². The second-order valence-corrected chi connectivity index (χ2v) is 4.51. The van der Waals surface area contributed by atoms with E-state index in [0.717, 1.165) is 0 Å². The predicted octanol–water partition coefficient (Wildman–Crippen LogP) is 0.00320. The molecule has 0 fully saturated rings. The highest BCUT2D eigenvalue weighted by Gasteiger charge is 2.25. The van der Waals surface area contributed by atoms with Gasteiger partial charge in [-0.1, -0.05) is 0 Å². The molecule has 0 spiro atoms. The molecule has 0 amide bonds. The Morgan fingerprint density at radius 2 is 2.06 bits per heavy atom. The highest BCUT2D eigenvalue weighted by Crippen LogP contribution is 2.12. The molecular formula is C11H23NO4. The van der Waals surface area contributed by atoms with Crippen molar-refractivity contribution < 1.29 is 19.7 Å². The lowest BCUT2D eigenvalue weighted by Crippen LogP contribution is -2.47. The minimum absolute atomic E-state index is 0.00434. The van der Waals surface area contributed by atoms with E-state index in [1.165, 1.54) is 0 Å². The smallest absolute Gasteiger partial charge is 0.308 e. The van der Waals surface area contributed by atoms with Crippen LogP contribution in [0.2, 0.25) is 0 Å². The number of aliphatic hydroxyl groups excluding tert-OH is 2. The topological polar surface area (TPSA) is 70.0 Å². The monoisotopic (exact) mass is 233 g/mol. The summed E-state index contributed by atoms with van der Waals surface area (Å²) in [5.74, 6) is -0.398. The molecule has 0 bridgehead atoms. The number of aliphatic hydroxyl groups is 2. The van der Waals surface area contributed by atoms with Gasteiger partial charge < -0.3 is 14.9 Å². The van der Waals surface area contributed by atoms with Crippen LogP contribution in [0.5, 0.6) is 0 Å². The van der Waals surface area contributed by atoms with Gasteiger partial charge in [-0.05, 0) is 27.8 Å². The van der Waals surface area contributed by atoms with Gasteiger partial charge in [-0.2, -0.15) is 0 Å². The number of likely N-dealkylation sites (N-methyl/N-ethyl adjacent to an activating group) is 1. The van der Waals surface area contributed by atoms with Crippen molar-refractivity contribution in [2.75, 3.05) is 26.8 Å². The van der Waals surface area contributed by atoms with Crippen LogP contribution in [0.15, 0.2) is 0 Å². The predicted molar refractivity (Wildman–Crippen MR) is 61.1 cm³/mol. The third kappa shape index (κ3) is 5.44. The van der Waals surface area contributed by atoms with Gasteiger partial charge in [0.1, 0.15) is 0 Å². The van der Waals surface area contributed by atoms with E-state index in [1.807, 2.05) is 18.7 Å². The van der Waals surface area contributed by atoms with E-state index in [0.29, 0.717) is 13.2 Å². The van der Waals surface area contributed by atoms with Crippen LogP contribution in [0.25, 0.3) is 0 Å². The first-order chi connectivity index (χ1) is 7.33. The van der Waals surface area contributed by atoms with Crippen LogP contribution >= 0.6 is 0 Å². The minimum Gasteiger partial charge on any atom is -0.466 e. The zero-order valence-electron chi connectivity index (χ0n) is 10.6. The van der Waals surface area contributed by atoms with Crippen LogP contribution in [-0.2, 0) is 9.53 Å². The quantitative estimate of drug-likeness (QED) is 0.606. The van der Waals surface area contributed by atoms with Crippen LogP contribution in [0.4, 0.5) is 0 Å². The molecule has 0 radical (unpaired) electrons. The second-order valence-electron chi connectivity index (χ2n) is 4.51. The van der Waals surface area contributed by atoms with Crippen LogP contribution in [0, 0.1) is 0 Å². The lowest BCUT2D eigenvalue weighted by Gasteiger charge is -2.35. The second kappa shape index (κ2) is 6.83. The van der Waals surface area contributed by atoms with Gasteiger partial charge in [0.05, 0.1) is 25.7 Å². The molecule has 1 atom stereocenters. The minimum atomic E-state index is -0.769. The van der Waals surface area contributed by atoms with Gasteiger partial charge >= 0.3 is 5.97 Å². The summed E-state index contributed by atoms with van der Waals surface area (Å²) in [6.07, 6.45) is -0.783. The molecule has 0 aromatic carbocycles. The molecular weight excluding hydrogens is 210 g/mol. The Kier molecular flexibility index (Phi) is 6.55. The summed E-state index contributed by atoms with van der Waals surface area (Å²) in [4.78, 5) is 12.9. The van der Waals surface area contributed by atoms with Crippen molar-refractivity contribution >= 4 is 5.97 Å². The van der Waals surface area contributed by atoms with Crippen molar-refractivity contribution in [2.45, 2.75) is 38.8 Å². The summed E-state index contributed by atoms with van der Waals surface area (Å²) in [6.45, 7) is 6.10. The molecule has 5 heteroatoms. The summed E-state index contributed by atoms with van der Waals surface area (Å²) in [7, 11) is 1.80. The molecule has 0 aliphatic rings. The zero-order chi connectivity index (χ0) is 12.8. The standard InChI is InChI=1S/C11H23NO4/c1-5-16-10(15)6-9(14)7-12(4)11(2,3)8-13/h9,13-14H,5-8H2,1-4H3. The fraction of sp³-hybridized carbons (Fsp3) is 0.909. The number of esters is 1. The van der Waals surface area contributed by atoms with Crippen LogP contribution < -0.4 is 0 Å². The Morgan fingerprint density at radius 3 is 2.50 bits per heavy atom. The molecule has 0 saturated heterocycles. The summed E-state index contributed by atoms with van der Waals surface area (Å²) in [5.41, 5.74) is -0.407. The molecule has 0 heterocycles. The molecule has 0 aromatic rings. The summed E-state index contributed by atoms with van der Waals surface area (Å²) in [5, 5.41) is 18.8. The molecule has 16 heavy (non-hydrogen) atoms. The summed E-state index contributed by atoms with van der Waals surface area (Å²) >= 11 is 0. The first kappa shape index (κ1) is 15.3. The van der Waals surface area contributed by atoms with Crippen molar-refractivity contribution in [3.63, 3.8) is 0 Å². The fourth-order valence-corrected chi connectivity index (χ4v) is 1.16. The number of ether oxygens (including phenoxy) is 1. The molecule has 1 unspecified atom stereocenters. The molecule has 2 N–H and O–H groups in total. The average Bonchev–Trinajstić information content (AvgIpc) is 2.17. The number of carbonyl (C=O) groups is 1. The third-order valence-corrected chi connectivity index (χ3v) is 2.61. The highest BCUT2D eigenvalue weighted by atomic mass is 16.5. The lowest BCUT2D eigenvalue weighted by molar-refractivity contribution is -0.145. The van der Waals surface area contributed by atoms with Crippen molar-refractivity contribution in [1.29, 1.82) is 0 Å². The molecule has 96 valence electrons. The number of hydrogen-bond acceptors (Lipinski definition) is 5. The van der Waals surface area contributed by atoms with Gasteiger partial charge in [-0.25, -0.2) is 0 Å². The Hall–Kier alpha value is -0.650. The summed E-state index contributed by atoms with van der Waals surface area (Å²) in [6, 6.07) is 0. The van der Waals surface area contributed by atoms with Crippen LogP contribution in [0.1, 0.15) is 27.2 Å². The average molecular weight is 233 g/mol. The summed E-state index contributed by atoms with van der Waals surface area (Å²) < 4.78 is 4.74. The van der Waals surface area contributed by atoms with Gasteiger partial charge in [0, 0.05) is 12.1 Å². The number of carbonyl (C=O) groups excluding carboxylic acids is 1. The van der Waals surface area contributed by atoms with E-state index in [2.05, 4.69) is 0 Å². The normalized spacial score (nSPS) is 13.9. The van der Waals surface area contributed by atoms with Gasteiger partial charge in [-0.3, -0.25) is 9.69 Å². The van der Waals surface area contributed by atoms with E-state index in [-0.39, 0.29) is 13.0 Å². The lowest BCUT2D eigenvalue weighted by atomic mass is 10.0. The van der Waals surface area contributed by atoms with E-state index >= 15 is 0 Å². The first-order valence-electron chi connectivity index (χ1n) is 5.49. The Labute approximate surface area is 97.0 Å². The Morgan fingerprint density at radius 1 is 1.50 bits per heavy atom. The van der Waals surface area contributed by atoms with Crippen LogP contribution in [-0.4, -0.2) is 59.5 Å². The van der Waals surface area contributed by atoms with E-state index in [1.54, 1.807) is 14.0 Å². The van der Waals surface area contributed by atoms with Gasteiger partial charge in [0.2, 0.25) is 0 Å². The van der Waals surface area contributed by atoms with Crippen molar-refractivity contribution in [3.8, 4) is 0 Å². The number of hydrogen-bond donors (Lipinski definition) is 2. The molecule has 0 rings (SSSR count). The van der Waals surface area contributed by atoms with E-state index < -0.39 is 17.6 Å². The van der Waals surface area contributed by atoms with Gasteiger partial charge in [-0.15, -0.1) is 0 Å². The van der Waals surface area contributed by atoms with Crippen molar-refractivity contribution in [3.05, 3.63) is 0 Å². The number of β-amino-alcohol motifs (C(OH)–C–C–N with tert-alkyl or cyclic N) is 1.